The van der Waals surface area contributed by atoms with Gasteiger partial charge in [-0.2, -0.15) is 0 Å². The highest BCUT2D eigenvalue weighted by atomic mass is 79.9. The molecule has 0 bridgehead atoms. The molecule has 1 aromatic rings. The van der Waals surface area contributed by atoms with Crippen LogP contribution in [0.2, 0.25) is 0 Å². The summed E-state index contributed by atoms with van der Waals surface area (Å²) in [4.78, 5) is 2.37. The van der Waals surface area contributed by atoms with Crippen molar-refractivity contribution in [1.29, 1.82) is 0 Å². The lowest BCUT2D eigenvalue weighted by molar-refractivity contribution is 0.208. The summed E-state index contributed by atoms with van der Waals surface area (Å²) in [5.74, 6) is 0.728. The van der Waals surface area contributed by atoms with Gasteiger partial charge in [-0.25, -0.2) is 0 Å². The van der Waals surface area contributed by atoms with E-state index in [9.17, 15) is 0 Å². The molecular weight excluding hydrogens is 288 g/mol. The molecule has 2 nitrogen and oxygen atoms in total. The summed E-state index contributed by atoms with van der Waals surface area (Å²) in [5, 5.41) is 0. The molecule has 0 aliphatic heterocycles. The van der Waals surface area contributed by atoms with E-state index in [1.165, 1.54) is 12.0 Å². The molecule has 0 heterocycles. The third-order valence-electron chi connectivity index (χ3n) is 3.24. The Hall–Kier alpha value is -0.380. The monoisotopic (exact) mass is 312 g/mol. The number of hydrogen-bond donors (Lipinski definition) is 1. The van der Waals surface area contributed by atoms with Gasteiger partial charge in [-0.15, -0.1) is 0 Å². The van der Waals surface area contributed by atoms with Gasteiger partial charge in [-0.1, -0.05) is 41.9 Å². The van der Waals surface area contributed by atoms with Crippen LogP contribution in [-0.2, 0) is 0 Å². The van der Waals surface area contributed by atoms with E-state index < -0.39 is 0 Å². The molecule has 0 aromatic heterocycles. The Labute approximate surface area is 120 Å². The molecule has 0 aliphatic carbocycles. The summed E-state index contributed by atoms with van der Waals surface area (Å²) >= 11 is 3.47. The molecule has 1 aromatic carbocycles. The standard InChI is InChI=1S/C15H25BrN2/c1-11(2)9-10-18(4)15(12(3)17)13-5-7-14(16)8-6-13/h5-8,11-12,15H,9-10,17H2,1-4H3. The molecule has 3 heteroatoms. The number of hydrogen-bond acceptors (Lipinski definition) is 2. The smallest absolute Gasteiger partial charge is 0.0493 e. The highest BCUT2D eigenvalue weighted by Crippen LogP contribution is 2.24. The number of halogens is 1. The van der Waals surface area contributed by atoms with Gasteiger partial charge in [0.2, 0.25) is 0 Å². The van der Waals surface area contributed by atoms with E-state index in [0.717, 1.165) is 16.9 Å². The SMILES string of the molecule is CC(C)CCN(C)C(c1ccc(Br)cc1)C(C)N. The normalized spacial score (nSPS) is 15.1. The fourth-order valence-electron chi connectivity index (χ4n) is 2.22. The topological polar surface area (TPSA) is 29.3 Å². The molecule has 18 heavy (non-hydrogen) atoms. The zero-order valence-electron chi connectivity index (χ0n) is 11.9. The van der Waals surface area contributed by atoms with Gasteiger partial charge in [0.15, 0.2) is 0 Å². The van der Waals surface area contributed by atoms with Crippen LogP contribution in [-0.4, -0.2) is 24.5 Å². The van der Waals surface area contributed by atoms with Crippen molar-refractivity contribution in [3.05, 3.63) is 34.3 Å². The second-order valence-electron chi connectivity index (χ2n) is 5.52. The molecule has 0 aliphatic rings. The van der Waals surface area contributed by atoms with Gasteiger partial charge in [-0.3, -0.25) is 4.90 Å². The number of nitrogens with two attached hydrogens (primary N) is 1. The Morgan fingerprint density at radius 3 is 2.17 bits per heavy atom. The second kappa shape index (κ2) is 7.27. The van der Waals surface area contributed by atoms with Crippen molar-refractivity contribution in [3.8, 4) is 0 Å². The zero-order chi connectivity index (χ0) is 13.7. The maximum atomic E-state index is 6.16. The Bertz CT molecular complexity index is 346. The van der Waals surface area contributed by atoms with E-state index >= 15 is 0 Å². The number of rotatable bonds is 6. The van der Waals surface area contributed by atoms with Crippen molar-refractivity contribution < 1.29 is 0 Å². The Morgan fingerprint density at radius 2 is 1.72 bits per heavy atom. The lowest BCUT2D eigenvalue weighted by atomic mass is 9.99. The van der Waals surface area contributed by atoms with Crippen LogP contribution in [0.3, 0.4) is 0 Å². The van der Waals surface area contributed by atoms with Gasteiger partial charge in [0.25, 0.3) is 0 Å². The quantitative estimate of drug-likeness (QED) is 0.865. The van der Waals surface area contributed by atoms with Crippen LogP contribution in [0, 0.1) is 5.92 Å². The number of benzene rings is 1. The minimum Gasteiger partial charge on any atom is -0.326 e. The first-order valence-electron chi connectivity index (χ1n) is 6.63. The maximum absolute atomic E-state index is 6.16. The summed E-state index contributed by atoms with van der Waals surface area (Å²) in [7, 11) is 2.17. The molecule has 0 saturated carbocycles. The number of likely N-dealkylation sites (N-methyl/N-ethyl adjacent to an activating group) is 1. The van der Waals surface area contributed by atoms with Crippen molar-refractivity contribution in [3.63, 3.8) is 0 Å². The number of nitrogens with zero attached hydrogens (tertiary/aromatic N) is 1. The van der Waals surface area contributed by atoms with Crippen molar-refractivity contribution in [2.45, 2.75) is 39.3 Å². The summed E-state index contributed by atoms with van der Waals surface area (Å²) in [5.41, 5.74) is 7.45. The lowest BCUT2D eigenvalue weighted by Crippen LogP contribution is -2.38. The van der Waals surface area contributed by atoms with Crippen LogP contribution in [0.4, 0.5) is 0 Å². The molecule has 2 atom stereocenters. The minimum absolute atomic E-state index is 0.128. The van der Waals surface area contributed by atoms with Crippen LogP contribution >= 0.6 is 15.9 Å². The van der Waals surface area contributed by atoms with Crippen molar-refractivity contribution >= 4 is 15.9 Å². The molecule has 102 valence electrons. The molecule has 0 saturated heterocycles. The van der Waals surface area contributed by atoms with E-state index in [1.807, 2.05) is 0 Å². The maximum Gasteiger partial charge on any atom is 0.0493 e. The summed E-state index contributed by atoms with van der Waals surface area (Å²) in [6, 6.07) is 8.90. The molecular formula is C15H25BrN2. The lowest BCUT2D eigenvalue weighted by Gasteiger charge is -2.32. The van der Waals surface area contributed by atoms with Crippen LogP contribution in [0.5, 0.6) is 0 Å². The predicted octanol–water partition coefficient (Wildman–Crippen LogP) is 3.82. The van der Waals surface area contributed by atoms with Crippen molar-refractivity contribution in [2.24, 2.45) is 11.7 Å². The third kappa shape index (κ3) is 4.71. The van der Waals surface area contributed by atoms with Gasteiger partial charge in [0.05, 0.1) is 0 Å². The summed E-state index contributed by atoms with van der Waals surface area (Å²) in [6.45, 7) is 7.68. The van der Waals surface area contributed by atoms with Crippen LogP contribution in [0.15, 0.2) is 28.7 Å². The molecule has 0 radical (unpaired) electrons. The molecule has 2 N–H and O–H groups in total. The first-order chi connectivity index (χ1) is 8.41. The Balaban J connectivity index is 2.78. The zero-order valence-corrected chi connectivity index (χ0v) is 13.4. The molecule has 2 unspecified atom stereocenters. The fraction of sp³-hybridized carbons (Fsp3) is 0.600. The predicted molar refractivity (Wildman–Crippen MR) is 82.6 cm³/mol. The van der Waals surface area contributed by atoms with Crippen LogP contribution in [0.1, 0.15) is 38.8 Å². The van der Waals surface area contributed by atoms with Gasteiger partial charge in [0.1, 0.15) is 0 Å². The van der Waals surface area contributed by atoms with E-state index in [4.69, 9.17) is 5.73 Å². The third-order valence-corrected chi connectivity index (χ3v) is 3.77. The van der Waals surface area contributed by atoms with Crippen molar-refractivity contribution in [1.82, 2.24) is 4.90 Å². The Kier molecular flexibility index (Phi) is 6.33. The van der Waals surface area contributed by atoms with Gasteiger partial charge in [-0.05, 0) is 50.6 Å². The molecule has 0 fully saturated rings. The van der Waals surface area contributed by atoms with Gasteiger partial charge >= 0.3 is 0 Å². The minimum atomic E-state index is 0.128. The highest BCUT2D eigenvalue weighted by Gasteiger charge is 2.20. The van der Waals surface area contributed by atoms with Gasteiger partial charge < -0.3 is 5.73 Å². The first kappa shape index (κ1) is 15.7. The van der Waals surface area contributed by atoms with Crippen LogP contribution in [0.25, 0.3) is 0 Å². The van der Waals surface area contributed by atoms with E-state index in [2.05, 4.69) is 72.9 Å². The van der Waals surface area contributed by atoms with Gasteiger partial charge in [0, 0.05) is 16.6 Å². The van der Waals surface area contributed by atoms with E-state index in [1.54, 1.807) is 0 Å². The highest BCUT2D eigenvalue weighted by molar-refractivity contribution is 9.10. The molecule has 0 amide bonds. The van der Waals surface area contributed by atoms with Crippen LogP contribution < -0.4 is 5.73 Å². The second-order valence-corrected chi connectivity index (χ2v) is 6.43. The fourth-order valence-corrected chi connectivity index (χ4v) is 2.48. The Morgan fingerprint density at radius 1 is 1.17 bits per heavy atom. The van der Waals surface area contributed by atoms with E-state index in [-0.39, 0.29) is 12.1 Å². The molecule has 0 spiro atoms. The average Bonchev–Trinajstić information content (AvgIpc) is 2.29. The average molecular weight is 313 g/mol. The van der Waals surface area contributed by atoms with E-state index in [0.29, 0.717) is 0 Å². The largest absolute Gasteiger partial charge is 0.326 e. The first-order valence-corrected chi connectivity index (χ1v) is 7.42. The van der Waals surface area contributed by atoms with Crippen molar-refractivity contribution in [2.75, 3.05) is 13.6 Å². The summed E-state index contributed by atoms with van der Waals surface area (Å²) < 4.78 is 1.11. The molecule has 1 rings (SSSR count). The summed E-state index contributed by atoms with van der Waals surface area (Å²) in [6.07, 6.45) is 1.20.